The number of sulfonamides is 1. The Hall–Kier alpha value is -1.11. The molecule has 0 spiro atoms. The number of anilines is 1. The van der Waals surface area contributed by atoms with Crippen LogP contribution in [0.5, 0.6) is 0 Å². The smallest absolute Gasteiger partial charge is 0.240 e. The van der Waals surface area contributed by atoms with Crippen LogP contribution in [0.15, 0.2) is 29.2 Å². The van der Waals surface area contributed by atoms with Gasteiger partial charge in [-0.1, -0.05) is 6.92 Å². The lowest BCUT2D eigenvalue weighted by atomic mass is 10.1. The fourth-order valence-corrected chi connectivity index (χ4v) is 3.56. The van der Waals surface area contributed by atoms with Crippen LogP contribution in [0.4, 0.5) is 5.69 Å². The van der Waals surface area contributed by atoms with E-state index in [2.05, 4.69) is 10.0 Å². The summed E-state index contributed by atoms with van der Waals surface area (Å²) in [6.07, 6.45) is 2.61. The normalized spacial score (nSPS) is 22.9. The zero-order chi connectivity index (χ0) is 14.6. The standard InChI is InChI=1S/C14H22N2O3S/c1-2-16-20(18,19)14-7-4-12(5-8-14)15-10-11-3-6-13(17)9-11/h4-5,7-8,11,13,15-17H,2-3,6,9-10H2,1H3. The lowest BCUT2D eigenvalue weighted by Gasteiger charge is -2.12. The predicted molar refractivity (Wildman–Crippen MR) is 79.1 cm³/mol. The fourth-order valence-electron chi connectivity index (χ4n) is 2.52. The fraction of sp³-hybridized carbons (Fsp3) is 0.571. The van der Waals surface area contributed by atoms with E-state index in [9.17, 15) is 13.5 Å². The molecule has 6 heteroatoms. The molecule has 20 heavy (non-hydrogen) atoms. The topological polar surface area (TPSA) is 78.4 Å². The second kappa shape index (κ2) is 6.56. The Morgan fingerprint density at radius 1 is 1.25 bits per heavy atom. The van der Waals surface area contributed by atoms with Crippen molar-refractivity contribution in [3.63, 3.8) is 0 Å². The minimum absolute atomic E-state index is 0.158. The summed E-state index contributed by atoms with van der Waals surface area (Å²) in [4.78, 5) is 0.279. The van der Waals surface area contributed by atoms with Crippen LogP contribution in [-0.4, -0.2) is 32.7 Å². The molecule has 1 saturated carbocycles. The van der Waals surface area contributed by atoms with Crippen molar-refractivity contribution >= 4 is 15.7 Å². The van der Waals surface area contributed by atoms with Crippen LogP contribution >= 0.6 is 0 Å². The van der Waals surface area contributed by atoms with Gasteiger partial charge in [0, 0.05) is 18.8 Å². The summed E-state index contributed by atoms with van der Waals surface area (Å²) < 4.78 is 26.0. The Labute approximate surface area is 120 Å². The average Bonchev–Trinajstić information content (AvgIpc) is 2.83. The van der Waals surface area contributed by atoms with Gasteiger partial charge in [-0.2, -0.15) is 0 Å². The van der Waals surface area contributed by atoms with Crippen LogP contribution in [0.25, 0.3) is 0 Å². The molecule has 112 valence electrons. The number of rotatable bonds is 6. The van der Waals surface area contributed by atoms with Crippen LogP contribution in [0, 0.1) is 5.92 Å². The van der Waals surface area contributed by atoms with E-state index in [-0.39, 0.29) is 11.0 Å². The molecule has 3 N–H and O–H groups in total. The van der Waals surface area contributed by atoms with Crippen LogP contribution in [0.3, 0.4) is 0 Å². The Balaban J connectivity index is 1.92. The summed E-state index contributed by atoms with van der Waals surface area (Å²) in [5, 5.41) is 12.8. The van der Waals surface area contributed by atoms with Crippen molar-refractivity contribution in [1.29, 1.82) is 0 Å². The van der Waals surface area contributed by atoms with Gasteiger partial charge in [0.15, 0.2) is 0 Å². The molecule has 1 aliphatic rings. The van der Waals surface area contributed by atoms with E-state index >= 15 is 0 Å². The van der Waals surface area contributed by atoms with E-state index in [1.165, 1.54) is 0 Å². The molecule has 0 aromatic heterocycles. The van der Waals surface area contributed by atoms with E-state index in [0.29, 0.717) is 12.5 Å². The molecular formula is C14H22N2O3S. The Kier molecular flexibility index (Phi) is 5.01. The maximum absolute atomic E-state index is 11.8. The van der Waals surface area contributed by atoms with Gasteiger partial charge in [-0.05, 0) is 49.4 Å². The van der Waals surface area contributed by atoms with Crippen molar-refractivity contribution in [3.05, 3.63) is 24.3 Å². The van der Waals surface area contributed by atoms with Crippen molar-refractivity contribution in [3.8, 4) is 0 Å². The van der Waals surface area contributed by atoms with Crippen LogP contribution < -0.4 is 10.0 Å². The van der Waals surface area contributed by atoms with Crippen LogP contribution in [0.1, 0.15) is 26.2 Å². The van der Waals surface area contributed by atoms with Crippen molar-refractivity contribution < 1.29 is 13.5 Å². The van der Waals surface area contributed by atoms with Crippen molar-refractivity contribution in [2.45, 2.75) is 37.2 Å². The Morgan fingerprint density at radius 3 is 2.50 bits per heavy atom. The van der Waals surface area contributed by atoms with E-state index in [0.717, 1.165) is 31.5 Å². The number of aliphatic hydroxyl groups excluding tert-OH is 1. The van der Waals surface area contributed by atoms with E-state index in [4.69, 9.17) is 0 Å². The first-order chi connectivity index (χ1) is 9.51. The van der Waals surface area contributed by atoms with Gasteiger partial charge in [0.05, 0.1) is 11.0 Å². The molecule has 0 heterocycles. The lowest BCUT2D eigenvalue weighted by molar-refractivity contribution is 0.178. The quantitative estimate of drug-likeness (QED) is 0.745. The third-order valence-electron chi connectivity index (χ3n) is 3.61. The number of benzene rings is 1. The minimum Gasteiger partial charge on any atom is -0.393 e. The summed E-state index contributed by atoms with van der Waals surface area (Å²) >= 11 is 0. The number of aliphatic hydroxyl groups is 1. The average molecular weight is 298 g/mol. The number of nitrogens with one attached hydrogen (secondary N) is 2. The second-order valence-electron chi connectivity index (χ2n) is 5.24. The molecule has 0 radical (unpaired) electrons. The van der Waals surface area contributed by atoms with Gasteiger partial charge in [-0.15, -0.1) is 0 Å². The molecule has 1 aliphatic carbocycles. The highest BCUT2D eigenvalue weighted by atomic mass is 32.2. The van der Waals surface area contributed by atoms with Gasteiger partial charge in [-0.3, -0.25) is 0 Å². The molecule has 2 atom stereocenters. The summed E-state index contributed by atoms with van der Waals surface area (Å²) in [6, 6.07) is 6.75. The third-order valence-corrected chi connectivity index (χ3v) is 5.17. The van der Waals surface area contributed by atoms with Gasteiger partial charge in [0.1, 0.15) is 0 Å². The molecule has 5 nitrogen and oxygen atoms in total. The monoisotopic (exact) mass is 298 g/mol. The molecule has 2 unspecified atom stereocenters. The summed E-state index contributed by atoms with van der Waals surface area (Å²) in [7, 11) is -3.38. The molecule has 0 bridgehead atoms. The first-order valence-electron chi connectivity index (χ1n) is 7.03. The minimum atomic E-state index is -3.38. The zero-order valence-electron chi connectivity index (χ0n) is 11.7. The molecule has 0 saturated heterocycles. The number of hydrogen-bond acceptors (Lipinski definition) is 4. The molecule has 2 rings (SSSR count). The van der Waals surface area contributed by atoms with Gasteiger partial charge >= 0.3 is 0 Å². The van der Waals surface area contributed by atoms with Crippen molar-refractivity contribution in [2.24, 2.45) is 5.92 Å². The maximum atomic E-state index is 11.8. The SMILES string of the molecule is CCNS(=O)(=O)c1ccc(NCC2CCC(O)C2)cc1. The van der Waals surface area contributed by atoms with E-state index in [1.54, 1.807) is 31.2 Å². The zero-order valence-corrected chi connectivity index (χ0v) is 12.5. The predicted octanol–water partition coefficient (Wildman–Crippen LogP) is 1.56. The largest absolute Gasteiger partial charge is 0.393 e. The summed E-state index contributed by atoms with van der Waals surface area (Å²) in [6.45, 7) is 2.95. The first kappa shape index (κ1) is 15.3. The van der Waals surface area contributed by atoms with Crippen molar-refractivity contribution in [2.75, 3.05) is 18.4 Å². The van der Waals surface area contributed by atoms with Gasteiger partial charge in [0.25, 0.3) is 0 Å². The number of hydrogen-bond donors (Lipinski definition) is 3. The van der Waals surface area contributed by atoms with Crippen LogP contribution in [0.2, 0.25) is 0 Å². The highest BCUT2D eigenvalue weighted by Crippen LogP contribution is 2.25. The molecule has 1 aromatic carbocycles. The Morgan fingerprint density at radius 2 is 1.95 bits per heavy atom. The molecule has 1 fully saturated rings. The summed E-state index contributed by atoms with van der Waals surface area (Å²) in [5.41, 5.74) is 0.904. The van der Waals surface area contributed by atoms with Gasteiger partial charge in [-0.25, -0.2) is 13.1 Å². The van der Waals surface area contributed by atoms with Crippen molar-refractivity contribution in [1.82, 2.24) is 4.72 Å². The molecule has 0 aliphatic heterocycles. The van der Waals surface area contributed by atoms with Gasteiger partial charge < -0.3 is 10.4 Å². The molecule has 0 amide bonds. The van der Waals surface area contributed by atoms with Crippen LogP contribution in [-0.2, 0) is 10.0 Å². The highest BCUT2D eigenvalue weighted by molar-refractivity contribution is 7.89. The molecule has 1 aromatic rings. The van der Waals surface area contributed by atoms with E-state index < -0.39 is 10.0 Å². The second-order valence-corrected chi connectivity index (χ2v) is 7.01. The Bertz CT molecular complexity index is 528. The molecular weight excluding hydrogens is 276 g/mol. The first-order valence-corrected chi connectivity index (χ1v) is 8.51. The maximum Gasteiger partial charge on any atom is 0.240 e. The summed E-state index contributed by atoms with van der Waals surface area (Å²) in [5.74, 6) is 0.496. The van der Waals surface area contributed by atoms with E-state index in [1.807, 2.05) is 0 Å². The van der Waals surface area contributed by atoms with Gasteiger partial charge in [0.2, 0.25) is 10.0 Å². The lowest BCUT2D eigenvalue weighted by Crippen LogP contribution is -2.23. The third kappa shape index (κ3) is 3.94. The highest BCUT2D eigenvalue weighted by Gasteiger charge is 2.22.